The fourth-order valence-electron chi connectivity index (χ4n) is 2.09. The number of hydrogen-bond donors (Lipinski definition) is 2. The predicted molar refractivity (Wildman–Crippen MR) is 90.0 cm³/mol. The number of hydrogen-bond acceptors (Lipinski definition) is 6. The van der Waals surface area contributed by atoms with Crippen molar-refractivity contribution in [2.75, 3.05) is 11.9 Å². The number of anilines is 1. The van der Waals surface area contributed by atoms with Gasteiger partial charge < -0.3 is 10.1 Å². The van der Waals surface area contributed by atoms with Crippen LogP contribution in [0.4, 0.5) is 19.0 Å². The Kier molecular flexibility index (Phi) is 6.06. The highest BCUT2D eigenvalue weighted by Crippen LogP contribution is 2.34. The molecule has 11 heteroatoms. The first-order valence-corrected chi connectivity index (χ1v) is 9.13. The van der Waals surface area contributed by atoms with Gasteiger partial charge in [0.1, 0.15) is 5.82 Å². The lowest BCUT2D eigenvalue weighted by Gasteiger charge is -2.34. The lowest BCUT2D eigenvalue weighted by atomic mass is 10.1. The van der Waals surface area contributed by atoms with Gasteiger partial charge in [0.2, 0.25) is 10.0 Å². The maximum atomic E-state index is 14.0. The Morgan fingerprint density at radius 3 is 2.26 bits per heavy atom. The third kappa shape index (κ3) is 4.55. The van der Waals surface area contributed by atoms with Crippen LogP contribution in [0, 0.1) is 0 Å². The molecule has 2 rings (SSSR count). The third-order valence-corrected chi connectivity index (χ3v) is 4.80. The summed E-state index contributed by atoms with van der Waals surface area (Å²) in [5, 5.41) is 1.84. The van der Waals surface area contributed by atoms with E-state index in [0.717, 1.165) is 18.2 Å². The number of ether oxygens (including phenoxy) is 1. The van der Waals surface area contributed by atoms with Gasteiger partial charge in [-0.3, -0.25) is 0 Å². The number of carbonyl (C=O) groups excluding carboxylic acids is 1. The molecule has 0 unspecified atom stereocenters. The molecule has 0 aliphatic carbocycles. The summed E-state index contributed by atoms with van der Waals surface area (Å²) < 4.78 is 72.8. The van der Waals surface area contributed by atoms with Crippen LogP contribution < -0.4 is 10.0 Å². The Bertz CT molecular complexity index is 877. The highest BCUT2D eigenvalue weighted by molar-refractivity contribution is 7.89. The van der Waals surface area contributed by atoms with E-state index in [9.17, 15) is 26.4 Å². The van der Waals surface area contributed by atoms with Crippen LogP contribution in [0.3, 0.4) is 0 Å². The lowest BCUT2D eigenvalue weighted by molar-refractivity contribution is -0.202. The van der Waals surface area contributed by atoms with Crippen molar-refractivity contribution in [3.8, 4) is 0 Å². The molecular formula is C16H16F3N3O4S. The van der Waals surface area contributed by atoms with Crippen LogP contribution in [0.15, 0.2) is 59.6 Å². The number of sulfonamides is 1. The second-order valence-electron chi connectivity index (χ2n) is 5.23. The van der Waals surface area contributed by atoms with Crippen molar-refractivity contribution in [2.24, 2.45) is 0 Å². The van der Waals surface area contributed by atoms with Gasteiger partial charge in [-0.1, -0.05) is 24.3 Å². The van der Waals surface area contributed by atoms with Gasteiger partial charge in [0.15, 0.2) is 0 Å². The molecule has 2 aromatic rings. The van der Waals surface area contributed by atoms with Crippen molar-refractivity contribution in [3.05, 3.63) is 54.7 Å². The van der Waals surface area contributed by atoms with Gasteiger partial charge in [0.05, 0.1) is 11.5 Å². The monoisotopic (exact) mass is 403 g/mol. The van der Waals surface area contributed by atoms with Crippen LogP contribution in [0.5, 0.6) is 0 Å². The van der Waals surface area contributed by atoms with Crippen molar-refractivity contribution in [2.45, 2.75) is 23.7 Å². The molecule has 146 valence electrons. The Labute approximate surface area is 153 Å². The average Bonchev–Trinajstić information content (AvgIpc) is 2.62. The Hall–Kier alpha value is -2.66. The minimum Gasteiger partial charge on any atom is -0.463 e. The number of esters is 1. The topological polar surface area (TPSA) is 97.4 Å². The first kappa shape index (κ1) is 20.6. The minimum atomic E-state index is -5.39. The normalized spacial score (nSPS) is 14.2. The molecule has 0 spiro atoms. The fraction of sp³-hybridized carbons (Fsp3) is 0.250. The molecule has 2 N–H and O–H groups in total. The average molecular weight is 403 g/mol. The first-order valence-electron chi connectivity index (χ1n) is 7.64. The van der Waals surface area contributed by atoms with Crippen molar-refractivity contribution in [3.63, 3.8) is 0 Å². The van der Waals surface area contributed by atoms with Crippen molar-refractivity contribution in [1.29, 1.82) is 0 Å². The highest BCUT2D eigenvalue weighted by atomic mass is 32.2. The maximum absolute atomic E-state index is 14.0. The summed E-state index contributed by atoms with van der Waals surface area (Å²) in [6.07, 6.45) is -4.21. The number of alkyl halides is 3. The summed E-state index contributed by atoms with van der Waals surface area (Å²) >= 11 is 0. The zero-order chi connectivity index (χ0) is 20.1. The molecule has 0 radical (unpaired) electrons. The largest absolute Gasteiger partial charge is 0.463 e. The lowest BCUT2D eigenvalue weighted by Crippen LogP contribution is -2.69. The van der Waals surface area contributed by atoms with Gasteiger partial charge in [-0.15, -0.1) is 0 Å². The number of halogens is 3. The Balaban J connectivity index is 2.58. The fourth-order valence-corrected chi connectivity index (χ4v) is 3.38. The molecule has 1 atom stereocenters. The molecule has 1 aromatic heterocycles. The molecular weight excluding hydrogens is 387 g/mol. The second kappa shape index (κ2) is 7.92. The van der Waals surface area contributed by atoms with E-state index in [1.807, 2.05) is 5.32 Å². The summed E-state index contributed by atoms with van der Waals surface area (Å²) in [4.78, 5) is 15.5. The van der Waals surface area contributed by atoms with Gasteiger partial charge >= 0.3 is 12.1 Å². The zero-order valence-electron chi connectivity index (χ0n) is 14.0. The van der Waals surface area contributed by atoms with Crippen molar-refractivity contribution in [1.82, 2.24) is 9.71 Å². The van der Waals surface area contributed by atoms with E-state index >= 15 is 0 Å². The van der Waals surface area contributed by atoms with Crippen LogP contribution in [-0.4, -0.2) is 37.8 Å². The van der Waals surface area contributed by atoms with E-state index in [-0.39, 0.29) is 5.82 Å². The molecule has 0 saturated carbocycles. The van der Waals surface area contributed by atoms with Crippen molar-refractivity contribution < 1.29 is 31.1 Å². The molecule has 0 fully saturated rings. The van der Waals surface area contributed by atoms with E-state index in [2.05, 4.69) is 9.72 Å². The van der Waals surface area contributed by atoms with E-state index in [0.29, 0.717) is 0 Å². The molecule has 0 saturated heterocycles. The number of nitrogens with one attached hydrogen (secondary N) is 2. The highest BCUT2D eigenvalue weighted by Gasteiger charge is 2.64. The quantitative estimate of drug-likeness (QED) is 0.544. The Morgan fingerprint density at radius 2 is 1.74 bits per heavy atom. The number of nitrogens with zero attached hydrogens (tertiary/aromatic N) is 1. The van der Waals surface area contributed by atoms with E-state index in [4.69, 9.17) is 0 Å². The molecule has 1 heterocycles. The van der Waals surface area contributed by atoms with Crippen LogP contribution in [0.1, 0.15) is 6.92 Å². The summed E-state index contributed by atoms with van der Waals surface area (Å²) in [6, 6.07) is 10.3. The summed E-state index contributed by atoms with van der Waals surface area (Å²) in [6.45, 7) is 0.902. The smallest absolute Gasteiger partial charge is 0.437 e. The second-order valence-corrected chi connectivity index (χ2v) is 6.91. The molecule has 0 aliphatic heterocycles. The number of pyridine rings is 1. The van der Waals surface area contributed by atoms with E-state index in [1.54, 1.807) is 0 Å². The molecule has 0 aliphatic rings. The third-order valence-electron chi connectivity index (χ3n) is 3.33. The van der Waals surface area contributed by atoms with Crippen LogP contribution in [0.2, 0.25) is 0 Å². The summed E-state index contributed by atoms with van der Waals surface area (Å²) in [5.74, 6) is -2.23. The molecule has 0 bridgehead atoms. The molecule has 7 nitrogen and oxygen atoms in total. The first-order chi connectivity index (χ1) is 12.6. The Morgan fingerprint density at radius 1 is 1.11 bits per heavy atom. The van der Waals surface area contributed by atoms with Crippen molar-refractivity contribution >= 4 is 21.8 Å². The van der Waals surface area contributed by atoms with E-state index in [1.165, 1.54) is 48.2 Å². The van der Waals surface area contributed by atoms with Crippen LogP contribution in [-0.2, 0) is 19.6 Å². The number of benzene rings is 1. The van der Waals surface area contributed by atoms with Crippen LogP contribution >= 0.6 is 0 Å². The SMILES string of the molecule is CCOC(=O)[C@](Nc1ccccn1)(NS(=O)(=O)c1ccccc1)C(F)(F)F. The summed E-state index contributed by atoms with van der Waals surface area (Å²) in [5.41, 5.74) is -3.77. The molecule has 1 aromatic carbocycles. The molecule has 27 heavy (non-hydrogen) atoms. The van der Waals surface area contributed by atoms with Gasteiger partial charge in [-0.25, -0.2) is 18.2 Å². The predicted octanol–water partition coefficient (Wildman–Crippen LogP) is 2.29. The van der Waals surface area contributed by atoms with Gasteiger partial charge in [-0.05, 0) is 31.2 Å². The van der Waals surface area contributed by atoms with Gasteiger partial charge in [0.25, 0.3) is 5.66 Å². The number of rotatable bonds is 7. The van der Waals surface area contributed by atoms with Crippen LogP contribution in [0.25, 0.3) is 0 Å². The number of aromatic nitrogens is 1. The van der Waals surface area contributed by atoms with Gasteiger partial charge in [-0.2, -0.15) is 17.9 Å². The van der Waals surface area contributed by atoms with E-state index < -0.39 is 39.3 Å². The minimum absolute atomic E-state index is 0.376. The number of carbonyl (C=O) groups is 1. The van der Waals surface area contributed by atoms with Gasteiger partial charge in [0, 0.05) is 6.20 Å². The standard InChI is InChI=1S/C16H16F3N3O4S/c1-2-26-14(23)15(16(17,18)19,21-13-10-6-7-11-20-13)22-27(24,25)12-8-4-3-5-9-12/h3-11,22H,2H2,1H3,(H,20,21)/t15-/m0/s1. The molecule has 0 amide bonds. The maximum Gasteiger partial charge on any atom is 0.437 e. The summed E-state index contributed by atoms with van der Waals surface area (Å²) in [7, 11) is -4.75. The zero-order valence-corrected chi connectivity index (χ0v) is 14.8.